The molecule has 1 saturated carbocycles. The molecule has 0 unspecified atom stereocenters. The molecule has 1 aromatic rings. The molecule has 0 spiro atoms. The molecule has 164 valence electrons. The minimum Gasteiger partial charge on any atom is -0.297 e. The Morgan fingerprint density at radius 2 is 1.55 bits per heavy atom. The van der Waals surface area contributed by atoms with E-state index in [9.17, 15) is 0 Å². The minimum absolute atomic E-state index is 0.164. The zero-order valence-electron chi connectivity index (χ0n) is 19.1. The summed E-state index contributed by atoms with van der Waals surface area (Å²) >= 11 is 6.25. The lowest BCUT2D eigenvalue weighted by molar-refractivity contribution is 0.0160. The predicted molar refractivity (Wildman–Crippen MR) is 129 cm³/mol. The van der Waals surface area contributed by atoms with Crippen molar-refractivity contribution >= 4 is 11.6 Å². The lowest BCUT2D eigenvalue weighted by atomic mass is 9.73. The van der Waals surface area contributed by atoms with Gasteiger partial charge in [-0.3, -0.25) is 9.80 Å². The van der Waals surface area contributed by atoms with Gasteiger partial charge in [-0.1, -0.05) is 63.4 Å². The number of nitrogens with zero attached hydrogens (tertiary/aromatic N) is 2. The lowest BCUT2D eigenvalue weighted by Gasteiger charge is -2.50. The molecule has 0 saturated heterocycles. The van der Waals surface area contributed by atoms with Crippen molar-refractivity contribution in [1.29, 1.82) is 0 Å². The third-order valence-corrected chi connectivity index (χ3v) is 6.98. The van der Waals surface area contributed by atoms with E-state index in [1.54, 1.807) is 0 Å². The first-order chi connectivity index (χ1) is 14.1. The summed E-state index contributed by atoms with van der Waals surface area (Å²) in [5, 5.41) is 0.839. The average molecular weight is 419 g/mol. The van der Waals surface area contributed by atoms with Crippen LogP contribution in [0.2, 0.25) is 5.02 Å². The molecule has 0 atom stereocenters. The van der Waals surface area contributed by atoms with Gasteiger partial charge < -0.3 is 0 Å². The van der Waals surface area contributed by atoms with E-state index in [4.69, 9.17) is 11.6 Å². The molecule has 0 amide bonds. The Morgan fingerprint density at radius 3 is 2.03 bits per heavy atom. The van der Waals surface area contributed by atoms with Crippen molar-refractivity contribution in [2.45, 2.75) is 90.1 Å². The fourth-order valence-corrected chi connectivity index (χ4v) is 5.23. The summed E-state index contributed by atoms with van der Waals surface area (Å²) in [5.41, 5.74) is 1.63. The highest BCUT2D eigenvalue weighted by Gasteiger charge is 2.42. The quantitative estimate of drug-likeness (QED) is 0.310. The average Bonchev–Trinajstić information content (AvgIpc) is 2.74. The van der Waals surface area contributed by atoms with Gasteiger partial charge in [-0.2, -0.15) is 0 Å². The number of hydrogen-bond acceptors (Lipinski definition) is 2. The molecule has 2 nitrogen and oxygen atoms in total. The third-order valence-electron chi connectivity index (χ3n) is 6.72. The van der Waals surface area contributed by atoms with Gasteiger partial charge in [0.15, 0.2) is 0 Å². The van der Waals surface area contributed by atoms with Crippen LogP contribution in [0.15, 0.2) is 36.9 Å². The highest BCUT2D eigenvalue weighted by molar-refractivity contribution is 6.30. The lowest BCUT2D eigenvalue weighted by Crippen LogP contribution is -2.52. The van der Waals surface area contributed by atoms with E-state index >= 15 is 0 Å². The normalized spacial score (nSPS) is 22.3. The van der Waals surface area contributed by atoms with Crippen molar-refractivity contribution in [3.8, 4) is 0 Å². The molecule has 0 N–H and O–H groups in total. The molecule has 0 radical (unpaired) electrons. The molecule has 1 aliphatic rings. The van der Waals surface area contributed by atoms with Crippen LogP contribution in [-0.2, 0) is 5.54 Å². The SMILES string of the molecule is C=CCN(CCC)C1CCC(c2ccc(Cl)cc2)(N(CCCC)CCCC)CC1. The molecule has 0 heterocycles. The summed E-state index contributed by atoms with van der Waals surface area (Å²) in [7, 11) is 0. The minimum atomic E-state index is 0.164. The van der Waals surface area contributed by atoms with E-state index in [1.807, 2.05) is 0 Å². The Hall–Kier alpha value is -0.830. The topological polar surface area (TPSA) is 6.48 Å². The molecule has 0 bridgehead atoms. The molecular weight excluding hydrogens is 376 g/mol. The van der Waals surface area contributed by atoms with Crippen molar-refractivity contribution in [1.82, 2.24) is 9.80 Å². The number of rotatable bonds is 13. The van der Waals surface area contributed by atoms with E-state index in [2.05, 4.69) is 67.5 Å². The molecule has 1 aliphatic carbocycles. The van der Waals surface area contributed by atoms with Crippen molar-refractivity contribution in [2.75, 3.05) is 26.2 Å². The van der Waals surface area contributed by atoms with Crippen LogP contribution in [0.5, 0.6) is 0 Å². The second kappa shape index (κ2) is 12.8. The molecule has 0 aliphatic heterocycles. The standard InChI is InChI=1S/C26H43ClN2/c1-5-9-21-29(22-10-6-2)26(23-11-13-24(27)14-12-23)17-15-25(16-18-26)28(19-7-3)20-8-4/h7,11-14,25H,3,5-6,8-10,15-22H2,1-2,4H3. The summed E-state index contributed by atoms with van der Waals surface area (Å²) in [6.07, 6.45) is 13.4. The van der Waals surface area contributed by atoms with E-state index in [0.29, 0.717) is 6.04 Å². The maximum absolute atomic E-state index is 6.25. The van der Waals surface area contributed by atoms with Crippen molar-refractivity contribution in [3.63, 3.8) is 0 Å². The fraction of sp³-hybridized carbons (Fsp3) is 0.692. The maximum Gasteiger partial charge on any atom is 0.0461 e. The van der Waals surface area contributed by atoms with Gasteiger partial charge in [0.2, 0.25) is 0 Å². The van der Waals surface area contributed by atoms with Gasteiger partial charge in [-0.05, 0) is 82.3 Å². The van der Waals surface area contributed by atoms with Gasteiger partial charge >= 0.3 is 0 Å². The van der Waals surface area contributed by atoms with Crippen LogP contribution in [0.3, 0.4) is 0 Å². The highest BCUT2D eigenvalue weighted by Crippen LogP contribution is 2.44. The highest BCUT2D eigenvalue weighted by atomic mass is 35.5. The van der Waals surface area contributed by atoms with Gasteiger partial charge in [-0.25, -0.2) is 0 Å². The van der Waals surface area contributed by atoms with Crippen LogP contribution in [0.1, 0.15) is 84.1 Å². The molecule has 2 rings (SSSR count). The van der Waals surface area contributed by atoms with Crippen molar-refractivity contribution < 1.29 is 0 Å². The zero-order valence-corrected chi connectivity index (χ0v) is 19.9. The van der Waals surface area contributed by atoms with E-state index in [1.165, 1.54) is 83.0 Å². The molecule has 1 fully saturated rings. The molecule has 3 heteroatoms. The Morgan fingerprint density at radius 1 is 0.966 bits per heavy atom. The van der Waals surface area contributed by atoms with E-state index in [0.717, 1.165) is 11.6 Å². The van der Waals surface area contributed by atoms with Gasteiger partial charge in [0.05, 0.1) is 0 Å². The molecular formula is C26H43ClN2. The first-order valence-corrected chi connectivity index (χ1v) is 12.3. The fourth-order valence-electron chi connectivity index (χ4n) is 5.11. The van der Waals surface area contributed by atoms with Gasteiger partial charge in [0.1, 0.15) is 0 Å². The third kappa shape index (κ3) is 6.57. The Balaban J connectivity index is 2.28. The Labute approximate surface area is 185 Å². The van der Waals surface area contributed by atoms with E-state index in [-0.39, 0.29) is 5.54 Å². The summed E-state index contributed by atoms with van der Waals surface area (Å²) in [6.45, 7) is 15.5. The van der Waals surface area contributed by atoms with Crippen LogP contribution < -0.4 is 0 Å². The Bertz CT molecular complexity index is 567. The van der Waals surface area contributed by atoms with Crippen LogP contribution in [0.4, 0.5) is 0 Å². The van der Waals surface area contributed by atoms with Crippen molar-refractivity contribution in [3.05, 3.63) is 47.5 Å². The Kier molecular flexibility index (Phi) is 10.8. The van der Waals surface area contributed by atoms with Crippen LogP contribution >= 0.6 is 11.6 Å². The number of benzene rings is 1. The zero-order chi connectivity index (χ0) is 21.1. The molecule has 1 aromatic carbocycles. The molecule has 29 heavy (non-hydrogen) atoms. The van der Waals surface area contributed by atoms with Gasteiger partial charge in [-0.15, -0.1) is 6.58 Å². The largest absolute Gasteiger partial charge is 0.297 e. The van der Waals surface area contributed by atoms with Crippen LogP contribution in [-0.4, -0.2) is 42.0 Å². The maximum atomic E-state index is 6.25. The second-order valence-electron chi connectivity index (χ2n) is 8.75. The summed E-state index contributed by atoms with van der Waals surface area (Å²) in [6, 6.07) is 9.45. The smallest absolute Gasteiger partial charge is 0.0461 e. The summed E-state index contributed by atoms with van der Waals surface area (Å²) in [4.78, 5) is 5.48. The van der Waals surface area contributed by atoms with Gasteiger partial charge in [0.25, 0.3) is 0 Å². The van der Waals surface area contributed by atoms with Gasteiger partial charge in [0, 0.05) is 23.1 Å². The number of unbranched alkanes of at least 4 members (excludes halogenated alkanes) is 2. The first-order valence-electron chi connectivity index (χ1n) is 12.0. The monoisotopic (exact) mass is 418 g/mol. The number of hydrogen-bond donors (Lipinski definition) is 0. The predicted octanol–water partition coefficient (Wildman–Crippen LogP) is 7.28. The first kappa shape index (κ1) is 24.4. The molecule has 0 aromatic heterocycles. The van der Waals surface area contributed by atoms with E-state index < -0.39 is 0 Å². The summed E-state index contributed by atoms with van der Waals surface area (Å²) in [5.74, 6) is 0. The second-order valence-corrected chi connectivity index (χ2v) is 9.18. The van der Waals surface area contributed by atoms with Crippen molar-refractivity contribution in [2.24, 2.45) is 0 Å². The number of halogens is 1. The summed E-state index contributed by atoms with van der Waals surface area (Å²) < 4.78 is 0. The van der Waals surface area contributed by atoms with Crippen LogP contribution in [0.25, 0.3) is 0 Å². The van der Waals surface area contributed by atoms with Crippen LogP contribution in [0, 0.1) is 0 Å².